The monoisotopic (exact) mass is 366 g/mol. The summed E-state index contributed by atoms with van der Waals surface area (Å²) in [5.74, 6) is 0.558. The van der Waals surface area contributed by atoms with Gasteiger partial charge in [0.25, 0.3) is 0 Å². The van der Waals surface area contributed by atoms with E-state index in [0.29, 0.717) is 5.75 Å². The Balaban J connectivity index is 1.96. The van der Waals surface area contributed by atoms with Crippen molar-refractivity contribution in [1.82, 2.24) is 4.98 Å². The minimum Gasteiger partial charge on any atom is -0.483 e. The quantitative estimate of drug-likeness (QED) is 0.639. The number of para-hydroxylation sites is 1. The second kappa shape index (κ2) is 8.84. The third-order valence-electron chi connectivity index (χ3n) is 4.68. The van der Waals surface area contributed by atoms with Crippen LogP contribution in [0.15, 0.2) is 54.6 Å². The summed E-state index contributed by atoms with van der Waals surface area (Å²) in [5, 5.41) is 19.5. The smallest absolute Gasteiger partial charge is 0.146 e. The van der Waals surface area contributed by atoms with E-state index < -0.39 is 6.10 Å². The highest BCUT2D eigenvalue weighted by molar-refractivity contribution is 5.86. The van der Waals surface area contributed by atoms with Crippen molar-refractivity contribution in [2.24, 2.45) is 0 Å². The van der Waals surface area contributed by atoms with Gasteiger partial charge in [0, 0.05) is 29.7 Å². The molecule has 5 nitrogen and oxygen atoms in total. The zero-order chi connectivity index (χ0) is 19.2. The summed E-state index contributed by atoms with van der Waals surface area (Å²) in [5.41, 5.74) is 3.80. The summed E-state index contributed by atoms with van der Waals surface area (Å²) < 4.78 is 5.73. The SMILES string of the molecule is CCN(CC)c1ccc(-c2ccc3cccc(OC(CO)CO)c3n2)cc1. The van der Waals surface area contributed by atoms with Gasteiger partial charge in [0.05, 0.1) is 18.9 Å². The number of fused-ring (bicyclic) bond motifs is 1. The van der Waals surface area contributed by atoms with E-state index in [4.69, 9.17) is 9.72 Å². The standard InChI is InChI=1S/C22H26N2O3/c1-3-24(4-2)18-11-8-16(9-12-18)20-13-10-17-6-5-7-21(22(17)23-20)27-19(14-25)15-26/h5-13,19,25-26H,3-4,14-15H2,1-2H3. The first-order valence-corrected chi connectivity index (χ1v) is 9.33. The molecule has 0 spiro atoms. The molecule has 0 aliphatic heterocycles. The second-order valence-corrected chi connectivity index (χ2v) is 6.35. The van der Waals surface area contributed by atoms with Crippen molar-refractivity contribution < 1.29 is 14.9 Å². The summed E-state index contributed by atoms with van der Waals surface area (Å²) in [6, 6.07) is 18.0. The molecule has 0 aliphatic rings. The van der Waals surface area contributed by atoms with Gasteiger partial charge in [-0.1, -0.05) is 30.3 Å². The van der Waals surface area contributed by atoms with Crippen LogP contribution in [0.5, 0.6) is 5.75 Å². The van der Waals surface area contributed by atoms with E-state index >= 15 is 0 Å². The Morgan fingerprint density at radius 3 is 2.26 bits per heavy atom. The van der Waals surface area contributed by atoms with E-state index in [1.165, 1.54) is 5.69 Å². The van der Waals surface area contributed by atoms with Crippen molar-refractivity contribution in [2.45, 2.75) is 20.0 Å². The number of ether oxygens (including phenoxy) is 1. The molecule has 3 rings (SSSR count). The second-order valence-electron chi connectivity index (χ2n) is 6.35. The predicted molar refractivity (Wildman–Crippen MR) is 109 cm³/mol. The molecule has 0 saturated carbocycles. The average molecular weight is 366 g/mol. The van der Waals surface area contributed by atoms with Gasteiger partial charge in [-0.2, -0.15) is 0 Å². The van der Waals surface area contributed by atoms with Gasteiger partial charge in [-0.15, -0.1) is 0 Å². The summed E-state index contributed by atoms with van der Waals surface area (Å²) in [6.07, 6.45) is -0.658. The number of benzene rings is 2. The number of anilines is 1. The lowest BCUT2D eigenvalue weighted by molar-refractivity contribution is 0.0639. The van der Waals surface area contributed by atoms with Crippen molar-refractivity contribution in [3.8, 4) is 17.0 Å². The van der Waals surface area contributed by atoms with Crippen LogP contribution < -0.4 is 9.64 Å². The molecule has 2 aromatic carbocycles. The lowest BCUT2D eigenvalue weighted by Gasteiger charge is -2.21. The molecule has 27 heavy (non-hydrogen) atoms. The number of hydrogen-bond donors (Lipinski definition) is 2. The summed E-state index contributed by atoms with van der Waals surface area (Å²) in [4.78, 5) is 7.08. The highest BCUT2D eigenvalue weighted by Crippen LogP contribution is 2.29. The van der Waals surface area contributed by atoms with Crippen LogP contribution in [-0.2, 0) is 0 Å². The van der Waals surface area contributed by atoms with Crippen LogP contribution >= 0.6 is 0 Å². The van der Waals surface area contributed by atoms with E-state index in [-0.39, 0.29) is 13.2 Å². The van der Waals surface area contributed by atoms with Crippen LogP contribution in [0.4, 0.5) is 5.69 Å². The van der Waals surface area contributed by atoms with Crippen molar-refractivity contribution in [2.75, 3.05) is 31.2 Å². The normalized spacial score (nSPS) is 11.1. The van der Waals surface area contributed by atoms with E-state index in [1.807, 2.05) is 24.3 Å². The lowest BCUT2D eigenvalue weighted by atomic mass is 10.1. The van der Waals surface area contributed by atoms with E-state index in [0.717, 1.165) is 35.2 Å². The number of aliphatic hydroxyl groups excluding tert-OH is 2. The first-order valence-electron chi connectivity index (χ1n) is 9.33. The Kier molecular flexibility index (Phi) is 6.27. The zero-order valence-electron chi connectivity index (χ0n) is 15.8. The maximum absolute atomic E-state index is 9.29. The molecule has 0 radical (unpaired) electrons. The van der Waals surface area contributed by atoms with Crippen LogP contribution in [0.3, 0.4) is 0 Å². The van der Waals surface area contributed by atoms with Crippen molar-refractivity contribution >= 4 is 16.6 Å². The van der Waals surface area contributed by atoms with Gasteiger partial charge in [0.1, 0.15) is 17.4 Å². The fourth-order valence-corrected chi connectivity index (χ4v) is 3.12. The molecule has 142 valence electrons. The molecule has 0 atom stereocenters. The predicted octanol–water partition coefficient (Wildman–Crippen LogP) is 3.48. The molecule has 5 heteroatoms. The van der Waals surface area contributed by atoms with Gasteiger partial charge >= 0.3 is 0 Å². The number of hydrogen-bond acceptors (Lipinski definition) is 5. The van der Waals surface area contributed by atoms with E-state index in [1.54, 1.807) is 6.07 Å². The maximum atomic E-state index is 9.29. The number of pyridine rings is 1. The number of aliphatic hydroxyl groups is 2. The van der Waals surface area contributed by atoms with E-state index in [9.17, 15) is 10.2 Å². The van der Waals surface area contributed by atoms with Crippen LogP contribution in [0.25, 0.3) is 22.2 Å². The lowest BCUT2D eigenvalue weighted by Crippen LogP contribution is -2.25. The third kappa shape index (κ3) is 4.21. The highest BCUT2D eigenvalue weighted by atomic mass is 16.5. The first kappa shape index (κ1) is 19.1. The molecular formula is C22H26N2O3. The molecule has 1 heterocycles. The Bertz CT molecular complexity index is 872. The Morgan fingerprint density at radius 1 is 0.926 bits per heavy atom. The van der Waals surface area contributed by atoms with Crippen LogP contribution in [0, 0.1) is 0 Å². The van der Waals surface area contributed by atoms with Crippen LogP contribution in [0.1, 0.15) is 13.8 Å². The minimum absolute atomic E-state index is 0.251. The van der Waals surface area contributed by atoms with Crippen LogP contribution in [0.2, 0.25) is 0 Å². The van der Waals surface area contributed by atoms with Crippen molar-refractivity contribution in [1.29, 1.82) is 0 Å². The Hall–Kier alpha value is -2.63. The minimum atomic E-state index is -0.658. The van der Waals surface area contributed by atoms with Gasteiger partial charge in [-0.25, -0.2) is 4.98 Å². The van der Waals surface area contributed by atoms with Gasteiger partial charge in [0.2, 0.25) is 0 Å². The summed E-state index contributed by atoms with van der Waals surface area (Å²) in [6.45, 7) is 5.74. The Labute approximate surface area is 159 Å². The molecule has 0 saturated heterocycles. The highest BCUT2D eigenvalue weighted by Gasteiger charge is 2.12. The van der Waals surface area contributed by atoms with Gasteiger partial charge in [-0.3, -0.25) is 0 Å². The molecule has 0 aliphatic carbocycles. The van der Waals surface area contributed by atoms with Crippen molar-refractivity contribution in [3.63, 3.8) is 0 Å². The third-order valence-corrected chi connectivity index (χ3v) is 4.68. The molecule has 0 amide bonds. The summed E-state index contributed by atoms with van der Waals surface area (Å²) >= 11 is 0. The largest absolute Gasteiger partial charge is 0.483 e. The van der Waals surface area contributed by atoms with Gasteiger partial charge < -0.3 is 19.8 Å². The fraction of sp³-hybridized carbons (Fsp3) is 0.318. The van der Waals surface area contributed by atoms with Crippen molar-refractivity contribution in [3.05, 3.63) is 54.6 Å². The van der Waals surface area contributed by atoms with Gasteiger partial charge in [-0.05, 0) is 38.1 Å². The molecule has 2 N–H and O–H groups in total. The number of nitrogens with zero attached hydrogens (tertiary/aromatic N) is 2. The molecule has 3 aromatic rings. The average Bonchev–Trinajstić information content (AvgIpc) is 2.73. The topological polar surface area (TPSA) is 65.8 Å². The fourth-order valence-electron chi connectivity index (χ4n) is 3.12. The maximum Gasteiger partial charge on any atom is 0.146 e. The number of aromatic nitrogens is 1. The first-order chi connectivity index (χ1) is 13.2. The number of rotatable bonds is 8. The summed E-state index contributed by atoms with van der Waals surface area (Å²) in [7, 11) is 0. The molecule has 0 bridgehead atoms. The molecular weight excluding hydrogens is 340 g/mol. The van der Waals surface area contributed by atoms with E-state index in [2.05, 4.69) is 43.0 Å². The Morgan fingerprint density at radius 2 is 1.63 bits per heavy atom. The molecule has 1 aromatic heterocycles. The zero-order valence-corrected chi connectivity index (χ0v) is 15.8. The molecule has 0 fully saturated rings. The van der Waals surface area contributed by atoms with Gasteiger partial charge in [0.15, 0.2) is 0 Å². The van der Waals surface area contributed by atoms with Crippen LogP contribution in [-0.4, -0.2) is 47.6 Å². The molecule has 0 unspecified atom stereocenters.